The van der Waals surface area contributed by atoms with E-state index in [1.807, 2.05) is 36.7 Å². The Balaban J connectivity index is 2.06. The van der Waals surface area contributed by atoms with Crippen molar-refractivity contribution in [1.29, 1.82) is 0 Å². The molecule has 0 radical (unpaired) electrons. The molecule has 5 heteroatoms. The molecular weight excluding hydrogens is 330 g/mol. The van der Waals surface area contributed by atoms with Crippen molar-refractivity contribution in [2.45, 2.75) is 12.8 Å². The van der Waals surface area contributed by atoms with E-state index in [1.54, 1.807) is 37.4 Å². The first-order chi connectivity index (χ1) is 12.5. The van der Waals surface area contributed by atoms with Crippen LogP contribution < -0.4 is 14.9 Å². The van der Waals surface area contributed by atoms with Gasteiger partial charge in [-0.2, -0.15) is 0 Å². The maximum atomic E-state index is 13.0. The fourth-order valence-corrected chi connectivity index (χ4v) is 3.21. The Morgan fingerprint density at radius 3 is 2.38 bits per heavy atom. The molecule has 0 aliphatic carbocycles. The minimum absolute atomic E-state index is 0.0827. The number of pyridine rings is 1. The maximum absolute atomic E-state index is 13.0. The first-order valence-electron chi connectivity index (χ1n) is 8.32. The molecule has 1 aromatic heterocycles. The monoisotopic (exact) mass is 351 g/mol. The van der Waals surface area contributed by atoms with Crippen molar-refractivity contribution in [3.05, 3.63) is 70.0 Å². The summed E-state index contributed by atoms with van der Waals surface area (Å²) in [5, 5.41) is 0.643. The molecule has 3 rings (SSSR count). The summed E-state index contributed by atoms with van der Waals surface area (Å²) in [5.74, 6) is 0.499. The normalized spacial score (nSPS) is 12.0. The number of hydrogen-bond acceptors (Lipinski definition) is 4. The quantitative estimate of drug-likeness (QED) is 0.660. The standard InChI is InChI=1S/C21H21NO4/c1-13(21(24)14-9-10-19(25-3)20(11-14)26-4)17-12-18(23)15-7-5-6-8-16(15)22(17)2/h5-13H,1-4H3. The Labute approximate surface area is 151 Å². The average molecular weight is 351 g/mol. The highest BCUT2D eigenvalue weighted by atomic mass is 16.5. The average Bonchev–Trinajstić information content (AvgIpc) is 2.69. The van der Waals surface area contributed by atoms with Crippen LogP contribution >= 0.6 is 0 Å². The molecule has 0 N–H and O–H groups in total. The number of aryl methyl sites for hydroxylation is 1. The number of nitrogens with zero attached hydrogens (tertiary/aromatic N) is 1. The molecule has 0 saturated heterocycles. The number of carbonyl (C=O) groups excluding carboxylic acids is 1. The third-order valence-corrected chi connectivity index (χ3v) is 4.70. The molecule has 0 saturated carbocycles. The SMILES string of the molecule is COc1ccc(C(=O)C(C)c2cc(=O)c3ccccc3n2C)cc1OC. The fraction of sp³-hybridized carbons (Fsp3) is 0.238. The van der Waals surface area contributed by atoms with Gasteiger partial charge in [0, 0.05) is 29.8 Å². The van der Waals surface area contributed by atoms with Crippen LogP contribution in [-0.2, 0) is 7.05 Å². The van der Waals surface area contributed by atoms with Gasteiger partial charge in [-0.3, -0.25) is 9.59 Å². The number of rotatable bonds is 5. The molecule has 26 heavy (non-hydrogen) atoms. The van der Waals surface area contributed by atoms with E-state index in [-0.39, 0.29) is 11.2 Å². The van der Waals surface area contributed by atoms with Gasteiger partial charge in [-0.05, 0) is 37.3 Å². The molecule has 2 aromatic carbocycles. The van der Waals surface area contributed by atoms with E-state index in [9.17, 15) is 9.59 Å². The Hall–Kier alpha value is -3.08. The van der Waals surface area contributed by atoms with Crippen LogP contribution in [-0.4, -0.2) is 24.6 Å². The Morgan fingerprint density at radius 1 is 1.00 bits per heavy atom. The number of para-hydroxylation sites is 1. The van der Waals surface area contributed by atoms with Crippen molar-refractivity contribution in [2.75, 3.05) is 14.2 Å². The van der Waals surface area contributed by atoms with Crippen molar-refractivity contribution >= 4 is 16.7 Å². The second-order valence-corrected chi connectivity index (χ2v) is 6.17. The van der Waals surface area contributed by atoms with Crippen LogP contribution in [0, 0.1) is 0 Å². The van der Waals surface area contributed by atoms with E-state index in [2.05, 4.69) is 0 Å². The minimum atomic E-state index is -0.476. The Morgan fingerprint density at radius 2 is 1.69 bits per heavy atom. The lowest BCUT2D eigenvalue weighted by Crippen LogP contribution is -2.19. The van der Waals surface area contributed by atoms with Crippen LogP contribution in [0.2, 0.25) is 0 Å². The van der Waals surface area contributed by atoms with Crippen molar-refractivity contribution in [3.63, 3.8) is 0 Å². The Kier molecular flexibility index (Phi) is 4.80. The smallest absolute Gasteiger partial charge is 0.189 e. The number of Topliss-reactive ketones (excluding diaryl/α,β-unsaturated/α-hetero) is 1. The lowest BCUT2D eigenvalue weighted by molar-refractivity contribution is 0.0963. The van der Waals surface area contributed by atoms with Crippen LogP contribution in [0.3, 0.4) is 0 Å². The van der Waals surface area contributed by atoms with Crippen LogP contribution in [0.4, 0.5) is 0 Å². The fourth-order valence-electron chi connectivity index (χ4n) is 3.21. The third kappa shape index (κ3) is 2.96. The molecule has 134 valence electrons. The number of methoxy groups -OCH3 is 2. The summed E-state index contributed by atoms with van der Waals surface area (Å²) in [6.07, 6.45) is 0. The molecule has 5 nitrogen and oxygen atoms in total. The summed E-state index contributed by atoms with van der Waals surface area (Å²) < 4.78 is 12.4. The minimum Gasteiger partial charge on any atom is -0.493 e. The van der Waals surface area contributed by atoms with E-state index in [1.165, 1.54) is 7.11 Å². The van der Waals surface area contributed by atoms with Gasteiger partial charge in [0.15, 0.2) is 22.7 Å². The second kappa shape index (κ2) is 7.04. The Bertz CT molecular complexity index is 1040. The molecule has 1 heterocycles. The zero-order valence-electron chi connectivity index (χ0n) is 15.3. The van der Waals surface area contributed by atoms with Crippen LogP contribution in [0.25, 0.3) is 10.9 Å². The summed E-state index contributed by atoms with van der Waals surface area (Å²) >= 11 is 0. The number of carbonyl (C=O) groups is 1. The summed E-state index contributed by atoms with van der Waals surface area (Å²) in [6, 6.07) is 14.0. The van der Waals surface area contributed by atoms with E-state index in [0.717, 1.165) is 5.52 Å². The molecule has 0 aliphatic heterocycles. The van der Waals surface area contributed by atoms with Gasteiger partial charge in [0.05, 0.1) is 25.7 Å². The summed E-state index contributed by atoms with van der Waals surface area (Å²) in [6.45, 7) is 1.81. The zero-order valence-corrected chi connectivity index (χ0v) is 15.3. The number of benzene rings is 2. The summed E-state index contributed by atoms with van der Waals surface area (Å²) in [7, 11) is 4.95. The van der Waals surface area contributed by atoms with Gasteiger partial charge in [-0.15, -0.1) is 0 Å². The van der Waals surface area contributed by atoms with Crippen LogP contribution in [0.5, 0.6) is 11.5 Å². The van der Waals surface area contributed by atoms with Gasteiger partial charge in [0.1, 0.15) is 0 Å². The largest absolute Gasteiger partial charge is 0.493 e. The highest BCUT2D eigenvalue weighted by Gasteiger charge is 2.22. The molecule has 0 aliphatic rings. The molecule has 1 unspecified atom stereocenters. The second-order valence-electron chi connectivity index (χ2n) is 6.17. The highest BCUT2D eigenvalue weighted by molar-refractivity contribution is 6.01. The van der Waals surface area contributed by atoms with Gasteiger partial charge >= 0.3 is 0 Å². The van der Waals surface area contributed by atoms with E-state index >= 15 is 0 Å². The first kappa shape index (κ1) is 17.7. The van der Waals surface area contributed by atoms with Crippen LogP contribution in [0.15, 0.2) is 53.3 Å². The van der Waals surface area contributed by atoms with E-state index in [0.29, 0.717) is 28.1 Å². The summed E-state index contributed by atoms with van der Waals surface area (Å²) in [4.78, 5) is 25.4. The van der Waals surface area contributed by atoms with Crippen molar-refractivity contribution in [2.24, 2.45) is 7.05 Å². The molecular formula is C21H21NO4. The topological polar surface area (TPSA) is 57.5 Å². The molecule has 0 spiro atoms. The molecule has 0 bridgehead atoms. The van der Waals surface area contributed by atoms with Gasteiger partial charge < -0.3 is 14.0 Å². The molecule has 1 atom stereocenters. The maximum Gasteiger partial charge on any atom is 0.189 e. The number of fused-ring (bicyclic) bond motifs is 1. The van der Waals surface area contributed by atoms with E-state index in [4.69, 9.17) is 9.47 Å². The van der Waals surface area contributed by atoms with E-state index < -0.39 is 5.92 Å². The third-order valence-electron chi connectivity index (χ3n) is 4.70. The van der Waals surface area contributed by atoms with Gasteiger partial charge in [0.2, 0.25) is 0 Å². The number of ketones is 1. The number of ether oxygens (including phenoxy) is 2. The molecule has 0 amide bonds. The zero-order chi connectivity index (χ0) is 18.8. The lowest BCUT2D eigenvalue weighted by Gasteiger charge is -2.18. The van der Waals surface area contributed by atoms with Crippen molar-refractivity contribution in [1.82, 2.24) is 4.57 Å². The van der Waals surface area contributed by atoms with Gasteiger partial charge in [0.25, 0.3) is 0 Å². The van der Waals surface area contributed by atoms with Crippen LogP contribution in [0.1, 0.15) is 28.9 Å². The number of aromatic nitrogens is 1. The van der Waals surface area contributed by atoms with Crippen molar-refractivity contribution < 1.29 is 14.3 Å². The molecule has 0 fully saturated rings. The lowest BCUT2D eigenvalue weighted by atomic mass is 9.94. The van der Waals surface area contributed by atoms with Gasteiger partial charge in [-0.1, -0.05) is 12.1 Å². The van der Waals surface area contributed by atoms with Crippen molar-refractivity contribution in [3.8, 4) is 11.5 Å². The predicted octanol–water partition coefficient (Wildman–Crippen LogP) is 3.54. The first-order valence-corrected chi connectivity index (χ1v) is 8.32. The molecule has 3 aromatic rings. The predicted molar refractivity (Wildman–Crippen MR) is 101 cm³/mol. The van der Waals surface area contributed by atoms with Gasteiger partial charge in [-0.25, -0.2) is 0 Å². The highest BCUT2D eigenvalue weighted by Crippen LogP contribution is 2.30. The summed E-state index contributed by atoms with van der Waals surface area (Å²) in [5.41, 5.74) is 1.91. The number of hydrogen-bond donors (Lipinski definition) is 0.